The molecule has 0 aliphatic rings. The van der Waals surface area contributed by atoms with Gasteiger partial charge in [0.2, 0.25) is 0 Å². The molecule has 110 valence electrons. The lowest BCUT2D eigenvalue weighted by Gasteiger charge is -2.25. The zero-order valence-electron chi connectivity index (χ0n) is 13.0. The van der Waals surface area contributed by atoms with Crippen LogP contribution >= 0.6 is 0 Å². The summed E-state index contributed by atoms with van der Waals surface area (Å²) in [4.78, 5) is 11.2. The molecule has 0 amide bonds. The molecule has 20 heavy (non-hydrogen) atoms. The van der Waals surface area contributed by atoms with Gasteiger partial charge in [-0.15, -0.1) is 0 Å². The molecule has 2 rings (SSSR count). The number of anilines is 1. The van der Waals surface area contributed by atoms with Crippen LogP contribution in [0, 0.1) is 5.92 Å². The fraction of sp³-hybridized carbons (Fsp3) is 0.643. The third kappa shape index (κ3) is 3.07. The van der Waals surface area contributed by atoms with E-state index < -0.39 is 0 Å². The van der Waals surface area contributed by atoms with Crippen molar-refractivity contribution >= 4 is 16.9 Å². The second-order valence-corrected chi connectivity index (χ2v) is 5.92. The fourth-order valence-corrected chi connectivity index (χ4v) is 2.40. The normalized spacial score (nSPS) is 13.6. The summed E-state index contributed by atoms with van der Waals surface area (Å²) in [7, 11) is 3.96. The molecule has 0 aromatic carbocycles. The molecular weight excluding hydrogens is 252 g/mol. The quantitative estimate of drug-likeness (QED) is 0.901. The molecule has 2 heterocycles. The summed E-state index contributed by atoms with van der Waals surface area (Å²) in [5.41, 5.74) is 6.77. The van der Waals surface area contributed by atoms with Crippen LogP contribution < -0.4 is 5.73 Å². The fourth-order valence-electron chi connectivity index (χ4n) is 2.40. The van der Waals surface area contributed by atoms with Crippen LogP contribution in [-0.2, 0) is 13.6 Å². The number of rotatable bonds is 5. The summed E-state index contributed by atoms with van der Waals surface area (Å²) >= 11 is 0. The van der Waals surface area contributed by atoms with Gasteiger partial charge < -0.3 is 5.73 Å². The number of nitrogens with two attached hydrogens (primary N) is 1. The van der Waals surface area contributed by atoms with Crippen molar-refractivity contribution < 1.29 is 0 Å². The highest BCUT2D eigenvalue weighted by molar-refractivity contribution is 5.84. The molecule has 1 unspecified atom stereocenters. The van der Waals surface area contributed by atoms with E-state index in [0.717, 1.165) is 23.3 Å². The number of fused-ring (bicyclic) bond motifs is 1. The Hall–Kier alpha value is -1.69. The first-order chi connectivity index (χ1) is 9.38. The zero-order valence-corrected chi connectivity index (χ0v) is 13.0. The van der Waals surface area contributed by atoms with Gasteiger partial charge in [0.15, 0.2) is 5.65 Å². The summed E-state index contributed by atoms with van der Waals surface area (Å²) in [6.45, 7) is 7.40. The van der Waals surface area contributed by atoms with Crippen LogP contribution in [0.2, 0.25) is 0 Å². The van der Waals surface area contributed by atoms with Crippen LogP contribution in [0.5, 0.6) is 0 Å². The van der Waals surface area contributed by atoms with E-state index in [1.165, 1.54) is 0 Å². The van der Waals surface area contributed by atoms with Gasteiger partial charge in [-0.25, -0.2) is 9.97 Å². The van der Waals surface area contributed by atoms with Gasteiger partial charge in [-0.1, -0.05) is 13.8 Å². The molecular formula is C14H24N6. The maximum Gasteiger partial charge on any atom is 0.163 e. The average molecular weight is 276 g/mol. The molecule has 0 aliphatic heterocycles. The molecule has 2 aromatic heterocycles. The Labute approximate surface area is 120 Å². The van der Waals surface area contributed by atoms with Crippen molar-refractivity contribution in [2.45, 2.75) is 39.8 Å². The second kappa shape index (κ2) is 5.75. The summed E-state index contributed by atoms with van der Waals surface area (Å²) in [6, 6.07) is 0.488. The van der Waals surface area contributed by atoms with E-state index in [9.17, 15) is 0 Å². The maximum absolute atomic E-state index is 5.98. The Balaban J connectivity index is 2.19. The van der Waals surface area contributed by atoms with E-state index in [4.69, 9.17) is 5.73 Å². The summed E-state index contributed by atoms with van der Waals surface area (Å²) < 4.78 is 1.73. The number of aryl methyl sites for hydroxylation is 1. The summed E-state index contributed by atoms with van der Waals surface area (Å²) in [5.74, 6) is 1.93. The Morgan fingerprint density at radius 3 is 2.65 bits per heavy atom. The monoisotopic (exact) mass is 276 g/mol. The van der Waals surface area contributed by atoms with Crippen molar-refractivity contribution in [3.05, 3.63) is 12.0 Å². The molecule has 0 bridgehead atoms. The average Bonchev–Trinajstić information content (AvgIpc) is 2.71. The van der Waals surface area contributed by atoms with Crippen molar-refractivity contribution in [3.8, 4) is 0 Å². The maximum atomic E-state index is 5.98. The van der Waals surface area contributed by atoms with Crippen molar-refractivity contribution in [3.63, 3.8) is 0 Å². The smallest absolute Gasteiger partial charge is 0.163 e. The minimum atomic E-state index is 0.488. The SMILES string of the molecule is CC(C)CC(C)N(C)Cc1nc(N)c2cnn(C)c2n1. The number of aromatic nitrogens is 4. The van der Waals surface area contributed by atoms with Gasteiger partial charge in [-0.2, -0.15) is 5.10 Å². The lowest BCUT2D eigenvalue weighted by Crippen LogP contribution is -2.30. The first-order valence-electron chi connectivity index (χ1n) is 7.02. The zero-order chi connectivity index (χ0) is 14.9. The van der Waals surface area contributed by atoms with Gasteiger partial charge in [-0.05, 0) is 26.3 Å². The van der Waals surface area contributed by atoms with Gasteiger partial charge in [0.1, 0.15) is 11.6 Å². The van der Waals surface area contributed by atoms with Crippen LogP contribution in [0.4, 0.5) is 5.82 Å². The van der Waals surface area contributed by atoms with E-state index in [-0.39, 0.29) is 0 Å². The Bertz CT molecular complexity index is 589. The van der Waals surface area contributed by atoms with Gasteiger partial charge in [0.05, 0.1) is 18.1 Å². The first kappa shape index (κ1) is 14.7. The molecule has 0 saturated heterocycles. The molecule has 0 radical (unpaired) electrons. The minimum Gasteiger partial charge on any atom is -0.383 e. The standard InChI is InChI=1S/C14H24N6/c1-9(2)6-10(3)19(4)8-12-17-13(15)11-7-16-20(5)14(11)18-12/h7,9-10H,6,8H2,1-5H3,(H2,15,17,18). The van der Waals surface area contributed by atoms with Crippen molar-refractivity contribution in [2.24, 2.45) is 13.0 Å². The van der Waals surface area contributed by atoms with E-state index in [2.05, 4.69) is 47.8 Å². The molecule has 2 aromatic rings. The highest BCUT2D eigenvalue weighted by atomic mass is 15.3. The molecule has 0 spiro atoms. The van der Waals surface area contributed by atoms with Gasteiger partial charge in [0, 0.05) is 13.1 Å². The van der Waals surface area contributed by atoms with Crippen LogP contribution in [0.1, 0.15) is 33.0 Å². The third-order valence-corrected chi connectivity index (χ3v) is 3.62. The summed E-state index contributed by atoms with van der Waals surface area (Å²) in [6.07, 6.45) is 2.86. The predicted octanol–water partition coefficient (Wildman–Crippen LogP) is 1.81. The molecule has 6 nitrogen and oxygen atoms in total. The first-order valence-corrected chi connectivity index (χ1v) is 7.02. The minimum absolute atomic E-state index is 0.488. The Morgan fingerprint density at radius 2 is 2.00 bits per heavy atom. The van der Waals surface area contributed by atoms with E-state index in [1.807, 2.05) is 7.05 Å². The van der Waals surface area contributed by atoms with E-state index in [0.29, 0.717) is 24.3 Å². The number of hydrogen-bond acceptors (Lipinski definition) is 5. The lowest BCUT2D eigenvalue weighted by atomic mass is 10.0. The van der Waals surface area contributed by atoms with E-state index in [1.54, 1.807) is 10.9 Å². The highest BCUT2D eigenvalue weighted by Crippen LogP contribution is 2.18. The van der Waals surface area contributed by atoms with Crippen molar-refractivity contribution in [2.75, 3.05) is 12.8 Å². The van der Waals surface area contributed by atoms with Gasteiger partial charge >= 0.3 is 0 Å². The van der Waals surface area contributed by atoms with Gasteiger partial charge in [0.25, 0.3) is 0 Å². The molecule has 6 heteroatoms. The summed E-state index contributed by atoms with van der Waals surface area (Å²) in [5, 5.41) is 4.99. The molecule has 2 N–H and O–H groups in total. The van der Waals surface area contributed by atoms with Crippen LogP contribution in [0.25, 0.3) is 11.0 Å². The van der Waals surface area contributed by atoms with Crippen LogP contribution in [0.15, 0.2) is 6.20 Å². The van der Waals surface area contributed by atoms with Crippen LogP contribution in [0.3, 0.4) is 0 Å². The molecule has 0 saturated carbocycles. The number of nitrogens with zero attached hydrogens (tertiary/aromatic N) is 5. The third-order valence-electron chi connectivity index (χ3n) is 3.62. The molecule has 1 atom stereocenters. The topological polar surface area (TPSA) is 72.9 Å². The molecule has 0 fully saturated rings. The largest absolute Gasteiger partial charge is 0.383 e. The Morgan fingerprint density at radius 1 is 1.30 bits per heavy atom. The van der Waals surface area contributed by atoms with Gasteiger partial charge in [-0.3, -0.25) is 9.58 Å². The number of nitrogen functional groups attached to an aromatic ring is 1. The van der Waals surface area contributed by atoms with Crippen molar-refractivity contribution in [1.82, 2.24) is 24.6 Å². The molecule has 0 aliphatic carbocycles. The lowest BCUT2D eigenvalue weighted by molar-refractivity contribution is 0.216. The second-order valence-electron chi connectivity index (χ2n) is 5.92. The van der Waals surface area contributed by atoms with Crippen LogP contribution in [-0.4, -0.2) is 37.7 Å². The predicted molar refractivity (Wildman–Crippen MR) is 81.1 cm³/mol. The number of hydrogen-bond donors (Lipinski definition) is 1. The highest BCUT2D eigenvalue weighted by Gasteiger charge is 2.15. The van der Waals surface area contributed by atoms with E-state index >= 15 is 0 Å². The Kier molecular flexibility index (Phi) is 4.23. The van der Waals surface area contributed by atoms with Crippen molar-refractivity contribution in [1.29, 1.82) is 0 Å².